The van der Waals surface area contributed by atoms with Crippen LogP contribution in [0.5, 0.6) is 5.75 Å². The molecule has 0 unspecified atom stereocenters. The smallest absolute Gasteiger partial charge is 0.455 e. The summed E-state index contributed by atoms with van der Waals surface area (Å²) < 4.78 is 6.08. The van der Waals surface area contributed by atoms with Crippen molar-refractivity contribution in [2.24, 2.45) is 17.8 Å². The molecule has 0 saturated carbocycles. The van der Waals surface area contributed by atoms with Crippen LogP contribution in [0.2, 0.25) is 6.32 Å². The number of hydrogen-bond acceptors (Lipinski definition) is 7. The van der Waals surface area contributed by atoms with Gasteiger partial charge in [0.1, 0.15) is 5.75 Å². The number of non-ortho nitro benzene ring substituents is 1. The van der Waals surface area contributed by atoms with Crippen LogP contribution >= 0.6 is 0 Å². The minimum atomic E-state index is -1.06. The summed E-state index contributed by atoms with van der Waals surface area (Å²) in [5.41, 5.74) is 5.93. The van der Waals surface area contributed by atoms with Gasteiger partial charge in [0, 0.05) is 12.1 Å². The summed E-state index contributed by atoms with van der Waals surface area (Å²) in [6, 6.07) is 9.55. The first kappa shape index (κ1) is 29.7. The number of anilines is 1. The van der Waals surface area contributed by atoms with Gasteiger partial charge in [0.05, 0.1) is 28.6 Å². The molecule has 2 amide bonds. The highest BCUT2D eigenvalue weighted by Gasteiger charge is 2.57. The summed E-state index contributed by atoms with van der Waals surface area (Å²) in [7, 11) is -1.06. The van der Waals surface area contributed by atoms with Crippen molar-refractivity contribution >= 4 is 36.4 Å². The maximum Gasteiger partial charge on any atom is 0.455 e. The van der Waals surface area contributed by atoms with Crippen molar-refractivity contribution in [1.29, 1.82) is 0 Å². The van der Waals surface area contributed by atoms with Gasteiger partial charge in [-0.3, -0.25) is 19.7 Å². The van der Waals surface area contributed by atoms with Gasteiger partial charge in [-0.05, 0) is 99.2 Å². The number of amides is 2. The van der Waals surface area contributed by atoms with Crippen LogP contribution in [0.25, 0.3) is 6.08 Å². The average Bonchev–Trinajstić information content (AvgIpc) is 3.19. The second kappa shape index (κ2) is 11.9. The van der Waals surface area contributed by atoms with Crippen molar-refractivity contribution in [2.45, 2.75) is 72.2 Å². The molecular formula is C32H37BN2O7. The predicted octanol–water partition coefficient (Wildman–Crippen LogP) is 5.90. The number of aromatic hydroxyl groups is 1. The predicted molar refractivity (Wildman–Crippen MR) is 161 cm³/mol. The molecular weight excluding hydrogens is 535 g/mol. The zero-order valence-electron chi connectivity index (χ0n) is 24.5. The van der Waals surface area contributed by atoms with E-state index in [1.165, 1.54) is 23.8 Å². The maximum absolute atomic E-state index is 13.8. The Bertz CT molecular complexity index is 1480. The lowest BCUT2D eigenvalue weighted by atomic mass is 9.58. The van der Waals surface area contributed by atoms with Crippen molar-refractivity contribution in [3.63, 3.8) is 0 Å². The normalized spacial score (nSPS) is 24.3. The van der Waals surface area contributed by atoms with E-state index in [1.807, 2.05) is 32.9 Å². The average molecular weight is 572 g/mol. The van der Waals surface area contributed by atoms with Gasteiger partial charge in [0.2, 0.25) is 11.8 Å². The maximum atomic E-state index is 13.8. The fourth-order valence-corrected chi connectivity index (χ4v) is 7.14. The molecule has 10 heteroatoms. The van der Waals surface area contributed by atoms with Crippen LogP contribution < -0.4 is 4.90 Å². The molecule has 3 aliphatic rings. The van der Waals surface area contributed by atoms with Crippen LogP contribution in [0.4, 0.5) is 11.4 Å². The van der Waals surface area contributed by atoms with Crippen molar-refractivity contribution in [3.8, 4) is 5.75 Å². The van der Waals surface area contributed by atoms with Crippen molar-refractivity contribution in [1.82, 2.24) is 0 Å². The Morgan fingerprint density at radius 2 is 1.83 bits per heavy atom. The number of nitrogens with zero attached hydrogens (tertiary/aromatic N) is 2. The molecule has 9 nitrogen and oxygen atoms in total. The second-order valence-electron chi connectivity index (χ2n) is 11.9. The van der Waals surface area contributed by atoms with E-state index in [0.29, 0.717) is 18.6 Å². The Balaban J connectivity index is 1.40. The molecule has 2 aliphatic heterocycles. The topological polar surface area (TPSA) is 130 Å². The molecule has 5 rings (SSSR count). The summed E-state index contributed by atoms with van der Waals surface area (Å²) >= 11 is 0. The molecule has 2 saturated heterocycles. The fourth-order valence-electron chi connectivity index (χ4n) is 7.14. The van der Waals surface area contributed by atoms with Crippen molar-refractivity contribution in [3.05, 3.63) is 79.9 Å². The summed E-state index contributed by atoms with van der Waals surface area (Å²) in [5, 5.41) is 32.3. The molecule has 2 N–H and O–H groups in total. The Labute approximate surface area is 246 Å². The Hall–Kier alpha value is -3.76. The number of phenolic OH excluding ortho intramolecular Hbond substituents is 1. The number of rotatable bonds is 8. The molecule has 4 atom stereocenters. The van der Waals surface area contributed by atoms with Crippen LogP contribution in [0.3, 0.4) is 0 Å². The number of hydrogen-bond donors (Lipinski definition) is 2. The van der Waals surface area contributed by atoms with Gasteiger partial charge >= 0.3 is 7.12 Å². The minimum Gasteiger partial charge on any atom is -0.507 e. The number of carbonyl (C=O) groups excluding carboxylic acids is 2. The number of carbonyl (C=O) groups is 2. The van der Waals surface area contributed by atoms with E-state index in [9.17, 15) is 29.8 Å². The summed E-state index contributed by atoms with van der Waals surface area (Å²) in [4.78, 5) is 39.2. The molecule has 0 spiro atoms. The summed E-state index contributed by atoms with van der Waals surface area (Å²) in [5.74, 6) is -1.99. The summed E-state index contributed by atoms with van der Waals surface area (Å²) in [6.07, 6.45) is 5.61. The Kier molecular flexibility index (Phi) is 8.39. The number of fused-ring (bicyclic) bond motifs is 3. The second-order valence-corrected chi connectivity index (χ2v) is 11.9. The molecule has 2 fully saturated rings. The quantitative estimate of drug-likeness (QED) is 0.132. The highest BCUT2D eigenvalue weighted by molar-refractivity contribution is 6.43. The van der Waals surface area contributed by atoms with E-state index in [2.05, 4.69) is 13.0 Å². The van der Waals surface area contributed by atoms with Gasteiger partial charge in [-0.25, -0.2) is 4.90 Å². The third-order valence-electron chi connectivity index (χ3n) is 8.93. The Morgan fingerprint density at radius 3 is 2.50 bits per heavy atom. The highest BCUT2D eigenvalue weighted by atomic mass is 16.6. The molecule has 2 aromatic rings. The van der Waals surface area contributed by atoms with Crippen molar-refractivity contribution < 1.29 is 29.3 Å². The minimum absolute atomic E-state index is 0.187. The van der Waals surface area contributed by atoms with Crippen LogP contribution in [-0.4, -0.2) is 40.1 Å². The number of imide groups is 1. The van der Waals surface area contributed by atoms with Gasteiger partial charge in [-0.2, -0.15) is 0 Å². The van der Waals surface area contributed by atoms with Crippen LogP contribution in [0, 0.1) is 41.7 Å². The number of nitro groups is 1. The van der Waals surface area contributed by atoms with Gasteiger partial charge in [-0.15, -0.1) is 0 Å². The number of nitro benzene ring substituents is 1. The SMILES string of the molecule is CCC/C(=C\c1cc(C)c(O)c(C)c1)CC[C@H]1OB(O)C[C@H]2C1=C(C)C[C@H]1C(=O)N(c3cccc([N+](=O)[O-])c3)C(=O)[C@H]12. The number of allylic oxidation sites excluding steroid dienone is 2. The van der Waals surface area contributed by atoms with E-state index in [1.54, 1.807) is 6.07 Å². The molecule has 2 heterocycles. The van der Waals surface area contributed by atoms with E-state index >= 15 is 0 Å². The first-order valence-corrected chi connectivity index (χ1v) is 14.6. The molecule has 0 bridgehead atoms. The third kappa shape index (κ3) is 5.53. The first-order chi connectivity index (χ1) is 20.0. The fraction of sp³-hybridized carbons (Fsp3) is 0.438. The zero-order chi connectivity index (χ0) is 30.3. The largest absolute Gasteiger partial charge is 0.507 e. The van der Waals surface area contributed by atoms with E-state index < -0.39 is 30.0 Å². The van der Waals surface area contributed by atoms with Crippen LogP contribution in [-0.2, 0) is 14.2 Å². The van der Waals surface area contributed by atoms with Gasteiger partial charge in [-0.1, -0.05) is 36.6 Å². The van der Waals surface area contributed by atoms with Gasteiger partial charge in [0.15, 0.2) is 0 Å². The van der Waals surface area contributed by atoms with Crippen molar-refractivity contribution in [2.75, 3.05) is 4.90 Å². The van der Waals surface area contributed by atoms with Crippen LogP contribution in [0.1, 0.15) is 62.6 Å². The number of aryl methyl sites for hydroxylation is 2. The Morgan fingerprint density at radius 1 is 1.12 bits per heavy atom. The monoisotopic (exact) mass is 572 g/mol. The third-order valence-corrected chi connectivity index (χ3v) is 8.93. The molecule has 1 aliphatic carbocycles. The lowest BCUT2D eigenvalue weighted by molar-refractivity contribution is -0.384. The van der Waals surface area contributed by atoms with Gasteiger partial charge < -0.3 is 14.8 Å². The molecule has 0 aromatic heterocycles. The molecule has 0 radical (unpaired) electrons. The van der Waals surface area contributed by atoms with E-state index in [-0.39, 0.29) is 35.4 Å². The molecule has 2 aromatic carbocycles. The molecule has 220 valence electrons. The standard InChI is InChI=1S/C32H37BN2O7/c1-5-7-21(15-22-12-19(3)30(36)20(4)13-22)10-11-27-28-18(2)14-25-29(26(28)17-33(39)42-27)32(38)34(31(25)37)23-8-6-9-24(16-23)35(40)41/h6,8-9,12-13,15-16,25-27,29,36,39H,5,7,10-11,14,17H2,1-4H3/b21-15+/t25-,26+,27-,29-/m1/s1. The summed E-state index contributed by atoms with van der Waals surface area (Å²) in [6.45, 7) is 7.88. The van der Waals surface area contributed by atoms with E-state index in [0.717, 1.165) is 52.0 Å². The number of benzene rings is 2. The first-order valence-electron chi connectivity index (χ1n) is 14.6. The van der Waals surface area contributed by atoms with E-state index in [4.69, 9.17) is 4.65 Å². The zero-order valence-corrected chi connectivity index (χ0v) is 24.5. The lowest BCUT2D eigenvalue weighted by Gasteiger charge is -2.42. The van der Waals surface area contributed by atoms with Gasteiger partial charge in [0.25, 0.3) is 5.69 Å². The highest BCUT2D eigenvalue weighted by Crippen LogP contribution is 2.51. The molecule has 42 heavy (non-hydrogen) atoms. The number of phenols is 1. The van der Waals surface area contributed by atoms with Crippen LogP contribution in [0.15, 0.2) is 53.1 Å². The lowest BCUT2D eigenvalue weighted by Crippen LogP contribution is -2.46.